The summed E-state index contributed by atoms with van der Waals surface area (Å²) in [6.45, 7) is 0. The Morgan fingerprint density at radius 1 is 0.534 bits per heavy atom. The van der Waals surface area contributed by atoms with E-state index in [9.17, 15) is 0 Å². The lowest BCUT2D eigenvalue weighted by molar-refractivity contribution is 0.668. The third kappa shape index (κ3) is 4.23. The van der Waals surface area contributed by atoms with Gasteiger partial charge in [0.25, 0.3) is 0 Å². The molecule has 0 spiro atoms. The van der Waals surface area contributed by atoms with Crippen LogP contribution in [0.5, 0.6) is 0 Å². The topological polar surface area (TPSA) is 25.2 Å². The van der Waals surface area contributed by atoms with E-state index in [1.165, 1.54) is 93.7 Å². The predicted octanol–water partition coefficient (Wildman–Crippen LogP) is 11.9. The van der Waals surface area contributed by atoms with Crippen LogP contribution in [0.3, 0.4) is 0 Å². The summed E-state index contributed by atoms with van der Waals surface area (Å²) in [5.74, 6) is 0.188. The predicted molar refractivity (Wildman–Crippen MR) is 242 cm³/mol. The zero-order chi connectivity index (χ0) is 38.0. The molecule has 10 aromatic rings. The summed E-state index contributed by atoms with van der Waals surface area (Å²) in [5, 5.41) is 9.14. The molecule has 1 aliphatic carbocycles. The molecular weight excluding hydrogens is 701 g/mol. The lowest BCUT2D eigenvalue weighted by Crippen LogP contribution is -2.42. The molecule has 2 aliphatic heterocycles. The van der Waals surface area contributed by atoms with Crippen LogP contribution < -0.4 is 16.2 Å². The van der Waals surface area contributed by atoms with Gasteiger partial charge in [0.2, 0.25) is 0 Å². The van der Waals surface area contributed by atoms with Crippen LogP contribution in [0.25, 0.3) is 55.0 Å². The minimum atomic E-state index is -0.545. The highest BCUT2D eigenvalue weighted by atomic mass is 16.3. The molecule has 1 N–H and O–H groups in total. The molecule has 9 aromatic carbocycles. The standard InChI is InChI=1S/C55H36BNO/c1-3-16-35(17-4-1)55(36-18-5-2-6-19-36)43-24-10-11-27-46(43)57-54-38(22-13-25-44(54)55)41-32-48-51(39-21-9-12-28-47(39)58-48)52-42-31-34-30-29-33-15-7-8-20-37(33)49(34)40-23-14-26-45(50(40)42)56-53(41)52/h1-30,32,42,56-57H,31H2. The molecule has 0 radical (unpaired) electrons. The maximum absolute atomic E-state index is 6.90. The second-order valence-electron chi connectivity index (χ2n) is 16.3. The average molecular weight is 738 g/mol. The molecule has 0 saturated carbocycles. The molecule has 0 saturated heterocycles. The van der Waals surface area contributed by atoms with Crippen molar-refractivity contribution in [3.63, 3.8) is 0 Å². The van der Waals surface area contributed by atoms with Gasteiger partial charge in [-0.15, -0.1) is 0 Å². The van der Waals surface area contributed by atoms with Crippen molar-refractivity contribution in [2.75, 3.05) is 5.32 Å². The van der Waals surface area contributed by atoms with Crippen LogP contribution >= 0.6 is 0 Å². The van der Waals surface area contributed by atoms with Crippen molar-refractivity contribution < 1.29 is 4.42 Å². The zero-order valence-corrected chi connectivity index (χ0v) is 31.8. The Kier molecular flexibility index (Phi) is 6.61. The molecule has 13 rings (SSSR count). The average Bonchev–Trinajstić information content (AvgIpc) is 3.66. The quantitative estimate of drug-likeness (QED) is 0.183. The van der Waals surface area contributed by atoms with Crippen molar-refractivity contribution in [3.8, 4) is 22.3 Å². The summed E-state index contributed by atoms with van der Waals surface area (Å²) in [4.78, 5) is 0. The lowest BCUT2D eigenvalue weighted by Gasteiger charge is -2.43. The number of fused-ring (bicyclic) bond motifs is 12. The van der Waals surface area contributed by atoms with E-state index in [0.29, 0.717) is 0 Å². The summed E-state index contributed by atoms with van der Waals surface area (Å²) >= 11 is 0. The van der Waals surface area contributed by atoms with E-state index in [2.05, 4.69) is 193 Å². The number of hydrogen-bond donors (Lipinski definition) is 1. The van der Waals surface area contributed by atoms with Gasteiger partial charge in [0.15, 0.2) is 7.28 Å². The Morgan fingerprint density at radius 2 is 1.22 bits per heavy atom. The van der Waals surface area contributed by atoms with E-state index < -0.39 is 5.41 Å². The number of anilines is 2. The van der Waals surface area contributed by atoms with Gasteiger partial charge in [0.05, 0.1) is 11.1 Å². The first-order chi connectivity index (χ1) is 28.8. The van der Waals surface area contributed by atoms with Gasteiger partial charge in [-0.05, 0) is 91.0 Å². The van der Waals surface area contributed by atoms with Crippen molar-refractivity contribution in [3.05, 3.63) is 227 Å². The van der Waals surface area contributed by atoms with Gasteiger partial charge >= 0.3 is 0 Å². The fraction of sp³-hybridized carbons (Fsp3) is 0.0545. The maximum atomic E-state index is 6.90. The monoisotopic (exact) mass is 737 g/mol. The molecule has 1 unspecified atom stereocenters. The lowest BCUT2D eigenvalue weighted by atomic mass is 9.50. The van der Waals surface area contributed by atoms with Crippen molar-refractivity contribution in [2.24, 2.45) is 0 Å². The molecule has 3 heterocycles. The minimum Gasteiger partial charge on any atom is -0.456 e. The number of para-hydroxylation sites is 3. The van der Waals surface area contributed by atoms with Gasteiger partial charge in [-0.25, -0.2) is 0 Å². The normalized spacial score (nSPS) is 15.4. The molecule has 0 bridgehead atoms. The molecule has 2 nitrogen and oxygen atoms in total. The van der Waals surface area contributed by atoms with E-state index in [0.717, 1.165) is 36.2 Å². The molecule has 270 valence electrons. The van der Waals surface area contributed by atoms with E-state index >= 15 is 0 Å². The smallest absolute Gasteiger partial charge is 0.193 e. The van der Waals surface area contributed by atoms with Crippen molar-refractivity contribution in [1.29, 1.82) is 0 Å². The summed E-state index contributed by atoms with van der Waals surface area (Å²) in [7, 11) is 0.850. The minimum absolute atomic E-state index is 0.188. The number of rotatable bonds is 3. The second kappa shape index (κ2) is 12.0. The fourth-order valence-corrected chi connectivity index (χ4v) is 11.3. The Bertz CT molecular complexity index is 3290. The van der Waals surface area contributed by atoms with Crippen LogP contribution in [-0.2, 0) is 11.8 Å². The van der Waals surface area contributed by atoms with Gasteiger partial charge < -0.3 is 9.73 Å². The third-order valence-corrected chi connectivity index (χ3v) is 13.5. The number of benzene rings is 9. The Balaban J connectivity index is 1.12. The van der Waals surface area contributed by atoms with Crippen molar-refractivity contribution in [1.82, 2.24) is 0 Å². The first-order valence-electron chi connectivity index (χ1n) is 20.5. The largest absolute Gasteiger partial charge is 0.456 e. The Morgan fingerprint density at radius 3 is 2.07 bits per heavy atom. The van der Waals surface area contributed by atoms with Crippen molar-refractivity contribution in [2.45, 2.75) is 17.8 Å². The molecular formula is C55H36BNO. The number of furan rings is 1. The van der Waals surface area contributed by atoms with Gasteiger partial charge in [-0.1, -0.05) is 181 Å². The van der Waals surface area contributed by atoms with Gasteiger partial charge in [-0.3, -0.25) is 0 Å². The Hall–Kier alpha value is -7.10. The molecule has 3 aliphatic rings. The first-order valence-corrected chi connectivity index (χ1v) is 20.5. The van der Waals surface area contributed by atoms with E-state index in [1.807, 2.05) is 0 Å². The van der Waals surface area contributed by atoms with Crippen LogP contribution in [0, 0.1) is 0 Å². The second-order valence-corrected chi connectivity index (χ2v) is 16.3. The maximum Gasteiger partial charge on any atom is 0.193 e. The highest BCUT2D eigenvalue weighted by Crippen LogP contribution is 2.56. The van der Waals surface area contributed by atoms with Gasteiger partial charge in [0.1, 0.15) is 11.2 Å². The summed E-state index contributed by atoms with van der Waals surface area (Å²) in [5.41, 5.74) is 21.0. The van der Waals surface area contributed by atoms with E-state index in [-0.39, 0.29) is 5.92 Å². The molecule has 58 heavy (non-hydrogen) atoms. The van der Waals surface area contributed by atoms with Gasteiger partial charge in [0, 0.05) is 27.9 Å². The van der Waals surface area contributed by atoms with Crippen LogP contribution in [-0.4, -0.2) is 7.28 Å². The SMILES string of the molecule is B1c2cccc3c2C(Cc2ccc4ccccc4c2-3)c2c1c(-c1cccc3c1Nc1ccccc1C3(c1ccccc1)c1ccccc1)cc1oc3ccccc3c21. The summed E-state index contributed by atoms with van der Waals surface area (Å²) in [6.07, 6.45) is 0.943. The Labute approximate surface area is 337 Å². The molecule has 0 fully saturated rings. The third-order valence-electron chi connectivity index (χ3n) is 13.5. The zero-order valence-electron chi connectivity index (χ0n) is 31.8. The number of nitrogens with one attached hydrogen (secondary N) is 1. The van der Waals surface area contributed by atoms with Crippen LogP contribution in [0.15, 0.2) is 192 Å². The molecule has 0 amide bonds. The van der Waals surface area contributed by atoms with Crippen LogP contribution in [0.4, 0.5) is 11.4 Å². The first kappa shape index (κ1) is 32.0. The van der Waals surface area contributed by atoms with Crippen LogP contribution in [0.1, 0.15) is 44.9 Å². The highest BCUT2D eigenvalue weighted by molar-refractivity contribution is 6.71. The van der Waals surface area contributed by atoms with Crippen molar-refractivity contribution >= 4 is 62.3 Å². The molecule has 1 atom stereocenters. The number of hydrogen-bond acceptors (Lipinski definition) is 2. The van der Waals surface area contributed by atoms with Crippen LogP contribution in [0.2, 0.25) is 0 Å². The summed E-state index contributed by atoms with van der Waals surface area (Å²) in [6, 6.07) is 69.6. The van der Waals surface area contributed by atoms with E-state index in [1.54, 1.807) is 0 Å². The fourth-order valence-electron chi connectivity index (χ4n) is 11.3. The molecule has 3 heteroatoms. The van der Waals surface area contributed by atoms with Gasteiger partial charge in [-0.2, -0.15) is 0 Å². The summed E-state index contributed by atoms with van der Waals surface area (Å²) < 4.78 is 6.90. The molecule has 1 aromatic heterocycles. The van der Waals surface area contributed by atoms with E-state index in [4.69, 9.17) is 4.42 Å². The highest BCUT2D eigenvalue weighted by Gasteiger charge is 2.45.